The number of methoxy groups -OCH3 is 1. The molecule has 0 unspecified atom stereocenters. The first-order valence-electron chi connectivity index (χ1n) is 8.12. The molecule has 2 rings (SSSR count). The van der Waals surface area contributed by atoms with Crippen LogP contribution in [-0.2, 0) is 0 Å². The minimum Gasteiger partial charge on any atom is -0.493 e. The lowest BCUT2D eigenvalue weighted by Gasteiger charge is -2.25. The summed E-state index contributed by atoms with van der Waals surface area (Å²) in [6.45, 7) is 6.22. The number of aliphatic hydroxyl groups is 1. The fraction of sp³-hybridized carbons (Fsp3) is 0.647. The Kier molecular flexibility index (Phi) is 6.21. The van der Waals surface area contributed by atoms with Gasteiger partial charge in [0.25, 0.3) is 0 Å². The quantitative estimate of drug-likeness (QED) is 0.803. The van der Waals surface area contributed by atoms with Crippen LogP contribution in [0.25, 0.3) is 0 Å². The van der Waals surface area contributed by atoms with Gasteiger partial charge in [0.15, 0.2) is 17.3 Å². The molecule has 23 heavy (non-hydrogen) atoms. The van der Waals surface area contributed by atoms with Crippen molar-refractivity contribution < 1.29 is 19.0 Å². The van der Waals surface area contributed by atoms with Crippen molar-refractivity contribution in [2.75, 3.05) is 26.7 Å². The predicted octanol–water partition coefficient (Wildman–Crippen LogP) is 2.08. The lowest BCUT2D eigenvalue weighted by Crippen LogP contribution is -2.40. The topological polar surface area (TPSA) is 68.0 Å². The van der Waals surface area contributed by atoms with Crippen molar-refractivity contribution in [2.24, 2.45) is 5.73 Å². The van der Waals surface area contributed by atoms with Gasteiger partial charge in [0.05, 0.1) is 19.3 Å². The zero-order chi connectivity index (χ0) is 17.0. The fourth-order valence-corrected chi connectivity index (χ4v) is 2.87. The standard InChI is InChI=1S/C17H27FN2O3/c1-11(2)23-17-13(18)8-12(9-15(17)22-3)16(21)14(19)10-20-6-4-5-7-20/h8-9,11,14,16,21H,4-7,10,19H2,1-3H3/t14-,16-/m1/s1. The second kappa shape index (κ2) is 7.95. The molecule has 1 aromatic carbocycles. The van der Waals surface area contributed by atoms with Gasteiger partial charge in [-0.2, -0.15) is 0 Å². The molecule has 6 heteroatoms. The monoisotopic (exact) mass is 326 g/mol. The van der Waals surface area contributed by atoms with Gasteiger partial charge in [-0.1, -0.05) is 0 Å². The highest BCUT2D eigenvalue weighted by Crippen LogP contribution is 2.35. The molecule has 0 aliphatic carbocycles. The van der Waals surface area contributed by atoms with Crippen LogP contribution < -0.4 is 15.2 Å². The molecule has 1 aromatic rings. The third-order valence-corrected chi connectivity index (χ3v) is 4.02. The Labute approximate surface area is 137 Å². The smallest absolute Gasteiger partial charge is 0.197 e. The molecule has 130 valence electrons. The van der Waals surface area contributed by atoms with Crippen molar-refractivity contribution in [1.82, 2.24) is 4.90 Å². The summed E-state index contributed by atoms with van der Waals surface area (Å²) in [5.41, 5.74) is 6.51. The maximum Gasteiger partial charge on any atom is 0.197 e. The van der Waals surface area contributed by atoms with Crippen LogP contribution in [0.15, 0.2) is 12.1 Å². The van der Waals surface area contributed by atoms with E-state index in [0.717, 1.165) is 25.9 Å². The summed E-state index contributed by atoms with van der Waals surface area (Å²) >= 11 is 0. The number of benzene rings is 1. The van der Waals surface area contributed by atoms with E-state index in [4.69, 9.17) is 15.2 Å². The average molecular weight is 326 g/mol. The molecule has 1 saturated heterocycles. The van der Waals surface area contributed by atoms with E-state index in [-0.39, 0.29) is 17.6 Å². The van der Waals surface area contributed by atoms with Crippen molar-refractivity contribution >= 4 is 0 Å². The number of nitrogens with two attached hydrogens (primary N) is 1. The molecule has 1 aliphatic rings. The first-order valence-corrected chi connectivity index (χ1v) is 8.12. The summed E-state index contributed by atoms with van der Waals surface area (Å²) in [5, 5.41) is 10.5. The number of nitrogens with zero attached hydrogens (tertiary/aromatic N) is 1. The van der Waals surface area contributed by atoms with E-state index in [1.54, 1.807) is 6.07 Å². The van der Waals surface area contributed by atoms with Gasteiger partial charge in [-0.15, -0.1) is 0 Å². The second-order valence-electron chi connectivity index (χ2n) is 6.32. The molecule has 1 heterocycles. The normalized spacial score (nSPS) is 18.2. The number of hydrogen-bond donors (Lipinski definition) is 2. The molecule has 0 spiro atoms. The Morgan fingerprint density at radius 2 is 1.96 bits per heavy atom. The van der Waals surface area contributed by atoms with E-state index in [1.807, 2.05) is 13.8 Å². The number of aliphatic hydroxyl groups excluding tert-OH is 1. The Bertz CT molecular complexity index is 519. The van der Waals surface area contributed by atoms with E-state index < -0.39 is 18.0 Å². The van der Waals surface area contributed by atoms with E-state index in [0.29, 0.717) is 12.1 Å². The summed E-state index contributed by atoms with van der Waals surface area (Å²) in [4.78, 5) is 2.22. The maximum atomic E-state index is 14.3. The second-order valence-corrected chi connectivity index (χ2v) is 6.32. The summed E-state index contributed by atoms with van der Waals surface area (Å²) in [5.74, 6) is -0.229. The van der Waals surface area contributed by atoms with E-state index in [2.05, 4.69) is 4.90 Å². The Hall–Kier alpha value is -1.37. The average Bonchev–Trinajstić information content (AvgIpc) is 3.00. The van der Waals surface area contributed by atoms with Crippen LogP contribution in [0.3, 0.4) is 0 Å². The largest absolute Gasteiger partial charge is 0.493 e. The number of likely N-dealkylation sites (tertiary alicyclic amines) is 1. The summed E-state index contributed by atoms with van der Waals surface area (Å²) in [6, 6.07) is 2.39. The maximum absolute atomic E-state index is 14.3. The van der Waals surface area contributed by atoms with Crippen LogP contribution in [-0.4, -0.2) is 48.9 Å². The highest BCUT2D eigenvalue weighted by atomic mass is 19.1. The molecule has 3 N–H and O–H groups in total. The third-order valence-electron chi connectivity index (χ3n) is 4.02. The highest BCUT2D eigenvalue weighted by molar-refractivity contribution is 5.45. The minimum atomic E-state index is -0.952. The lowest BCUT2D eigenvalue weighted by atomic mass is 10.0. The molecule has 0 radical (unpaired) electrons. The molecule has 0 amide bonds. The van der Waals surface area contributed by atoms with Crippen molar-refractivity contribution in [1.29, 1.82) is 0 Å². The number of hydrogen-bond acceptors (Lipinski definition) is 5. The zero-order valence-electron chi connectivity index (χ0n) is 14.1. The van der Waals surface area contributed by atoms with E-state index in [1.165, 1.54) is 13.2 Å². The summed E-state index contributed by atoms with van der Waals surface area (Å²) in [7, 11) is 1.45. The summed E-state index contributed by atoms with van der Waals surface area (Å²) < 4.78 is 25.0. The Morgan fingerprint density at radius 1 is 1.30 bits per heavy atom. The van der Waals surface area contributed by atoms with Gasteiger partial charge in [0.2, 0.25) is 0 Å². The molecular formula is C17H27FN2O3. The SMILES string of the molecule is COc1cc([C@@H](O)[C@H](N)CN2CCCC2)cc(F)c1OC(C)C. The van der Waals surface area contributed by atoms with Gasteiger partial charge >= 0.3 is 0 Å². The fourth-order valence-electron chi connectivity index (χ4n) is 2.87. The highest BCUT2D eigenvalue weighted by Gasteiger charge is 2.24. The Balaban J connectivity index is 2.15. The van der Waals surface area contributed by atoms with Gasteiger partial charge in [-0.3, -0.25) is 0 Å². The van der Waals surface area contributed by atoms with Crippen molar-refractivity contribution in [2.45, 2.75) is 44.9 Å². The van der Waals surface area contributed by atoms with Crippen molar-refractivity contribution in [3.05, 3.63) is 23.5 Å². The number of rotatable bonds is 7. The van der Waals surface area contributed by atoms with Crippen molar-refractivity contribution in [3.8, 4) is 11.5 Å². The van der Waals surface area contributed by atoms with Gasteiger partial charge in [0, 0.05) is 12.6 Å². The molecule has 0 bridgehead atoms. The van der Waals surface area contributed by atoms with Crippen molar-refractivity contribution in [3.63, 3.8) is 0 Å². The van der Waals surface area contributed by atoms with Crippen LogP contribution >= 0.6 is 0 Å². The van der Waals surface area contributed by atoms with Crippen LogP contribution in [0, 0.1) is 5.82 Å². The zero-order valence-corrected chi connectivity index (χ0v) is 14.1. The van der Waals surface area contributed by atoms with Crippen LogP contribution in [0.2, 0.25) is 0 Å². The first-order chi connectivity index (χ1) is 10.9. The van der Waals surface area contributed by atoms with Gasteiger partial charge < -0.3 is 25.2 Å². The van der Waals surface area contributed by atoms with E-state index in [9.17, 15) is 9.50 Å². The molecule has 0 saturated carbocycles. The predicted molar refractivity (Wildman–Crippen MR) is 87.3 cm³/mol. The van der Waals surface area contributed by atoms with Crippen LogP contribution in [0.4, 0.5) is 4.39 Å². The molecule has 5 nitrogen and oxygen atoms in total. The summed E-state index contributed by atoms with van der Waals surface area (Å²) in [6.07, 6.45) is 1.19. The molecule has 0 aromatic heterocycles. The third kappa shape index (κ3) is 4.56. The molecular weight excluding hydrogens is 299 g/mol. The van der Waals surface area contributed by atoms with Crippen LogP contribution in [0.5, 0.6) is 11.5 Å². The molecule has 1 aliphatic heterocycles. The van der Waals surface area contributed by atoms with E-state index >= 15 is 0 Å². The molecule has 2 atom stereocenters. The van der Waals surface area contributed by atoms with Crippen LogP contribution in [0.1, 0.15) is 38.4 Å². The molecule has 1 fully saturated rings. The van der Waals surface area contributed by atoms with Gasteiger partial charge in [-0.05, 0) is 57.5 Å². The lowest BCUT2D eigenvalue weighted by molar-refractivity contribution is 0.124. The number of ether oxygens (including phenoxy) is 2. The van der Waals surface area contributed by atoms with Gasteiger partial charge in [-0.25, -0.2) is 4.39 Å². The first kappa shape index (κ1) is 18.0. The Morgan fingerprint density at radius 3 is 2.52 bits per heavy atom. The van der Waals surface area contributed by atoms with Gasteiger partial charge in [0.1, 0.15) is 0 Å². The minimum absolute atomic E-state index is 0.0616. The number of halogens is 1.